The second-order valence-corrected chi connectivity index (χ2v) is 4.31. The Morgan fingerprint density at radius 3 is 2.78 bits per heavy atom. The molecule has 0 unspecified atom stereocenters. The van der Waals surface area contributed by atoms with Crippen LogP contribution in [0.15, 0.2) is 36.5 Å². The lowest BCUT2D eigenvalue weighted by atomic mass is 10.2. The maximum absolute atomic E-state index is 9.96. The SMILES string of the molecule is C=C/C=C(/C)C=CCCCCN(C)CCOC=O. The van der Waals surface area contributed by atoms with Crippen molar-refractivity contribution in [3.05, 3.63) is 36.5 Å². The third-order valence-electron chi connectivity index (χ3n) is 2.58. The minimum atomic E-state index is 0.478. The van der Waals surface area contributed by atoms with E-state index in [2.05, 4.69) is 35.3 Å². The minimum Gasteiger partial charge on any atom is -0.467 e. The van der Waals surface area contributed by atoms with Gasteiger partial charge in [0.2, 0.25) is 0 Å². The summed E-state index contributed by atoms with van der Waals surface area (Å²) >= 11 is 0. The van der Waals surface area contributed by atoms with Gasteiger partial charge in [0, 0.05) is 6.54 Å². The predicted molar refractivity (Wildman–Crippen MR) is 76.5 cm³/mol. The highest BCUT2D eigenvalue weighted by molar-refractivity contribution is 5.36. The number of ether oxygens (including phenoxy) is 1. The van der Waals surface area contributed by atoms with Crippen molar-refractivity contribution in [2.24, 2.45) is 0 Å². The fraction of sp³-hybridized carbons (Fsp3) is 0.533. The first-order valence-corrected chi connectivity index (χ1v) is 6.40. The Morgan fingerprint density at radius 2 is 2.11 bits per heavy atom. The lowest BCUT2D eigenvalue weighted by Crippen LogP contribution is -2.24. The number of nitrogens with zero attached hydrogens (tertiary/aromatic N) is 1. The molecule has 0 fully saturated rings. The van der Waals surface area contributed by atoms with E-state index >= 15 is 0 Å². The Labute approximate surface area is 111 Å². The van der Waals surface area contributed by atoms with Gasteiger partial charge in [-0.25, -0.2) is 0 Å². The zero-order chi connectivity index (χ0) is 13.6. The summed E-state index contributed by atoms with van der Waals surface area (Å²) in [6.07, 6.45) is 11.6. The Hall–Kier alpha value is -1.35. The molecule has 0 spiro atoms. The van der Waals surface area contributed by atoms with E-state index in [-0.39, 0.29) is 0 Å². The normalized spacial score (nSPS) is 12.1. The molecule has 0 N–H and O–H groups in total. The number of rotatable bonds is 11. The van der Waals surface area contributed by atoms with Crippen LogP contribution < -0.4 is 0 Å². The van der Waals surface area contributed by atoms with Crippen LogP contribution in [0, 0.1) is 0 Å². The molecule has 102 valence electrons. The average molecular weight is 251 g/mol. The van der Waals surface area contributed by atoms with Crippen LogP contribution in [-0.2, 0) is 9.53 Å². The maximum atomic E-state index is 9.96. The lowest BCUT2D eigenvalue weighted by molar-refractivity contribution is -0.129. The van der Waals surface area contributed by atoms with Gasteiger partial charge in [0.25, 0.3) is 6.47 Å². The number of carbonyl (C=O) groups excluding carboxylic acids is 1. The first-order valence-electron chi connectivity index (χ1n) is 6.40. The van der Waals surface area contributed by atoms with E-state index in [0.717, 1.165) is 25.9 Å². The molecule has 0 aliphatic heterocycles. The van der Waals surface area contributed by atoms with Crippen molar-refractivity contribution in [2.75, 3.05) is 26.7 Å². The van der Waals surface area contributed by atoms with E-state index in [0.29, 0.717) is 13.1 Å². The minimum absolute atomic E-state index is 0.478. The molecule has 3 heteroatoms. The molecule has 18 heavy (non-hydrogen) atoms. The van der Waals surface area contributed by atoms with Crippen molar-refractivity contribution in [3.63, 3.8) is 0 Å². The molecule has 0 aromatic carbocycles. The zero-order valence-electron chi connectivity index (χ0n) is 11.6. The summed E-state index contributed by atoms with van der Waals surface area (Å²) in [4.78, 5) is 12.1. The van der Waals surface area contributed by atoms with Crippen molar-refractivity contribution in [1.29, 1.82) is 0 Å². The van der Waals surface area contributed by atoms with Gasteiger partial charge in [-0.3, -0.25) is 4.79 Å². The van der Waals surface area contributed by atoms with Crippen molar-refractivity contribution >= 4 is 6.47 Å². The van der Waals surface area contributed by atoms with E-state index in [9.17, 15) is 4.79 Å². The third-order valence-corrected chi connectivity index (χ3v) is 2.58. The van der Waals surface area contributed by atoms with Gasteiger partial charge < -0.3 is 9.64 Å². The number of unbranched alkanes of at least 4 members (excludes halogenated alkanes) is 2. The van der Waals surface area contributed by atoms with Gasteiger partial charge >= 0.3 is 0 Å². The fourth-order valence-corrected chi connectivity index (χ4v) is 1.52. The molecule has 0 aromatic heterocycles. The van der Waals surface area contributed by atoms with Crippen molar-refractivity contribution < 1.29 is 9.53 Å². The third kappa shape index (κ3) is 11.1. The van der Waals surface area contributed by atoms with Crippen LogP contribution in [0.1, 0.15) is 26.2 Å². The maximum Gasteiger partial charge on any atom is 0.293 e. The van der Waals surface area contributed by atoms with Gasteiger partial charge in [0.15, 0.2) is 0 Å². The summed E-state index contributed by atoms with van der Waals surface area (Å²) in [5.41, 5.74) is 1.23. The topological polar surface area (TPSA) is 29.5 Å². The molecular weight excluding hydrogens is 226 g/mol. The predicted octanol–water partition coefficient (Wildman–Crippen LogP) is 2.95. The van der Waals surface area contributed by atoms with Crippen LogP contribution in [0.4, 0.5) is 0 Å². The summed E-state index contributed by atoms with van der Waals surface area (Å²) in [6, 6.07) is 0. The van der Waals surface area contributed by atoms with Crippen LogP contribution in [0.3, 0.4) is 0 Å². The second kappa shape index (κ2) is 12.1. The molecule has 0 amide bonds. The molecule has 0 aliphatic carbocycles. The quantitative estimate of drug-likeness (QED) is 0.321. The number of hydrogen-bond donors (Lipinski definition) is 0. The molecule has 0 bridgehead atoms. The van der Waals surface area contributed by atoms with Gasteiger partial charge in [0.1, 0.15) is 6.61 Å². The van der Waals surface area contributed by atoms with Crippen LogP contribution in [0.5, 0.6) is 0 Å². The molecule has 0 saturated carbocycles. The van der Waals surface area contributed by atoms with E-state index in [1.54, 1.807) is 6.08 Å². The van der Waals surface area contributed by atoms with Crippen LogP contribution >= 0.6 is 0 Å². The first kappa shape index (κ1) is 16.6. The largest absolute Gasteiger partial charge is 0.467 e. The highest BCUT2D eigenvalue weighted by atomic mass is 16.5. The molecule has 0 saturated heterocycles. The number of carbonyl (C=O) groups is 1. The Kier molecular flexibility index (Phi) is 11.2. The first-order chi connectivity index (χ1) is 8.70. The van der Waals surface area contributed by atoms with Crippen LogP contribution in [0.2, 0.25) is 0 Å². The summed E-state index contributed by atoms with van der Waals surface area (Å²) in [5, 5.41) is 0. The van der Waals surface area contributed by atoms with E-state index in [4.69, 9.17) is 0 Å². The van der Waals surface area contributed by atoms with Gasteiger partial charge in [0.05, 0.1) is 0 Å². The zero-order valence-corrected chi connectivity index (χ0v) is 11.6. The summed E-state index contributed by atoms with van der Waals surface area (Å²) in [6.45, 7) is 8.54. The molecule has 0 aliphatic rings. The smallest absolute Gasteiger partial charge is 0.293 e. The lowest BCUT2D eigenvalue weighted by Gasteiger charge is -2.14. The highest BCUT2D eigenvalue weighted by Crippen LogP contribution is 2.01. The molecule has 0 heterocycles. The number of hydrogen-bond acceptors (Lipinski definition) is 3. The van der Waals surface area contributed by atoms with Gasteiger partial charge in [-0.05, 0) is 39.8 Å². The molecule has 0 radical (unpaired) electrons. The van der Waals surface area contributed by atoms with Gasteiger partial charge in [-0.15, -0.1) is 0 Å². The number of allylic oxidation sites excluding steroid dienone is 5. The van der Waals surface area contributed by atoms with Crippen molar-refractivity contribution in [2.45, 2.75) is 26.2 Å². The Bertz CT molecular complexity index is 282. The van der Waals surface area contributed by atoms with Crippen molar-refractivity contribution in [3.8, 4) is 0 Å². The molecule has 3 nitrogen and oxygen atoms in total. The van der Waals surface area contributed by atoms with E-state index < -0.39 is 0 Å². The van der Waals surface area contributed by atoms with Gasteiger partial charge in [-0.1, -0.05) is 36.5 Å². The molecule has 0 aromatic rings. The monoisotopic (exact) mass is 251 g/mol. The molecular formula is C15H25NO2. The Morgan fingerprint density at radius 1 is 1.33 bits per heavy atom. The fourth-order valence-electron chi connectivity index (χ4n) is 1.52. The second-order valence-electron chi connectivity index (χ2n) is 4.31. The molecule has 0 atom stereocenters. The molecule has 0 rings (SSSR count). The summed E-state index contributed by atoms with van der Waals surface area (Å²) in [7, 11) is 2.04. The van der Waals surface area contributed by atoms with Crippen LogP contribution in [0.25, 0.3) is 0 Å². The highest BCUT2D eigenvalue weighted by Gasteiger charge is 1.97. The van der Waals surface area contributed by atoms with Crippen LogP contribution in [-0.4, -0.2) is 38.1 Å². The Balaban J connectivity index is 3.47. The number of likely N-dealkylation sites (N-methyl/N-ethyl adjacent to an activating group) is 1. The summed E-state index contributed by atoms with van der Waals surface area (Å²) in [5.74, 6) is 0. The summed E-state index contributed by atoms with van der Waals surface area (Å²) < 4.78 is 4.65. The van der Waals surface area contributed by atoms with E-state index in [1.807, 2.05) is 13.1 Å². The standard InChI is InChI=1S/C15H25NO2/c1-4-9-15(2)10-7-5-6-8-11-16(3)12-13-18-14-17/h4,7,9-10,14H,1,5-6,8,11-13H2,2-3H3/b10-7?,15-9-. The average Bonchev–Trinajstić information content (AvgIpc) is 2.34. The van der Waals surface area contributed by atoms with Crippen molar-refractivity contribution in [1.82, 2.24) is 4.90 Å². The van der Waals surface area contributed by atoms with E-state index in [1.165, 1.54) is 12.0 Å². The van der Waals surface area contributed by atoms with Gasteiger partial charge in [-0.2, -0.15) is 0 Å².